The van der Waals surface area contributed by atoms with Crippen LogP contribution in [0, 0.1) is 11.3 Å². The Hall–Kier alpha value is -0.730. The molecule has 0 amide bonds. The second-order valence-electron chi connectivity index (χ2n) is 6.32. The molecule has 0 spiro atoms. The number of unbranched alkanes of at least 4 members (excludes halogenated alkanes) is 4. The Morgan fingerprint density at radius 3 is 2.37 bits per heavy atom. The van der Waals surface area contributed by atoms with E-state index in [0.29, 0.717) is 17.9 Å². The lowest BCUT2D eigenvalue weighted by Gasteiger charge is -2.31. The Bertz CT molecular complexity index is 255. The summed E-state index contributed by atoms with van der Waals surface area (Å²) in [7, 11) is 0. The Morgan fingerprint density at radius 1 is 1.11 bits per heavy atom. The highest BCUT2D eigenvalue weighted by Gasteiger charge is 2.23. The number of hydrogen-bond acceptors (Lipinski definition) is 2. The molecule has 0 N–H and O–H groups in total. The van der Waals surface area contributed by atoms with Gasteiger partial charge in [-0.25, -0.2) is 0 Å². The predicted octanol–water partition coefficient (Wildman–Crippen LogP) is 5.68. The number of rotatable bonds is 11. The molecule has 0 radical (unpaired) electrons. The zero-order chi connectivity index (χ0) is 14.6. The van der Waals surface area contributed by atoms with Crippen LogP contribution in [0.4, 0.5) is 0 Å². The van der Waals surface area contributed by atoms with E-state index >= 15 is 0 Å². The quantitative estimate of drug-likeness (QED) is 0.206. The molecule has 0 saturated heterocycles. The molecule has 0 fully saturated rings. The van der Waals surface area contributed by atoms with Crippen molar-refractivity contribution in [2.24, 2.45) is 16.4 Å². The number of ether oxygens (including phenoxy) is 1. The topological polar surface area (TPSA) is 58.0 Å². The summed E-state index contributed by atoms with van der Waals surface area (Å²) in [4.78, 5) is 2.68. The van der Waals surface area contributed by atoms with Crippen LogP contribution in [0.25, 0.3) is 10.4 Å². The Balaban J connectivity index is 3.86. The molecule has 112 valence electrons. The maximum Gasteiger partial charge on any atom is 0.125 e. The Morgan fingerprint density at radius 2 is 1.79 bits per heavy atom. The zero-order valence-electron chi connectivity index (χ0n) is 13.2. The Kier molecular flexibility index (Phi) is 10.7. The van der Waals surface area contributed by atoms with Gasteiger partial charge in [-0.1, -0.05) is 64.9 Å². The summed E-state index contributed by atoms with van der Waals surface area (Å²) in [5.74, 6) is 0.681. The highest BCUT2D eigenvalue weighted by Crippen LogP contribution is 2.33. The van der Waals surface area contributed by atoms with Crippen molar-refractivity contribution in [3.05, 3.63) is 10.4 Å². The highest BCUT2D eigenvalue weighted by molar-refractivity contribution is 4.74. The summed E-state index contributed by atoms with van der Waals surface area (Å²) in [6.07, 6.45) is 9.01. The van der Waals surface area contributed by atoms with Crippen LogP contribution in [-0.4, -0.2) is 13.3 Å². The van der Waals surface area contributed by atoms with Gasteiger partial charge in [-0.2, -0.15) is 0 Å². The minimum Gasteiger partial charge on any atom is -0.375 e. The maximum absolute atomic E-state index is 8.17. The standard InChI is InChI=1S/C15H31N3O/c1-5-6-7-8-9-10-14(15(2,3)4)11-12-19-13-17-18-16/h14H,5-13H2,1-4H3. The fraction of sp³-hybridized carbons (Fsp3) is 1.00. The van der Waals surface area contributed by atoms with Crippen molar-refractivity contribution in [1.82, 2.24) is 0 Å². The second-order valence-corrected chi connectivity index (χ2v) is 6.32. The van der Waals surface area contributed by atoms with Crippen molar-refractivity contribution in [2.75, 3.05) is 13.3 Å². The first-order valence-corrected chi connectivity index (χ1v) is 7.61. The second kappa shape index (κ2) is 11.1. The summed E-state index contributed by atoms with van der Waals surface area (Å²) in [6, 6.07) is 0. The van der Waals surface area contributed by atoms with Crippen molar-refractivity contribution in [3.8, 4) is 0 Å². The minimum atomic E-state index is 0.157. The zero-order valence-corrected chi connectivity index (χ0v) is 13.2. The van der Waals surface area contributed by atoms with Crippen LogP contribution in [0.3, 0.4) is 0 Å². The first-order chi connectivity index (χ1) is 9.02. The fourth-order valence-electron chi connectivity index (χ4n) is 2.36. The average molecular weight is 269 g/mol. The van der Waals surface area contributed by atoms with E-state index < -0.39 is 0 Å². The van der Waals surface area contributed by atoms with Crippen LogP contribution in [0.15, 0.2) is 5.11 Å². The van der Waals surface area contributed by atoms with E-state index in [0.717, 1.165) is 6.42 Å². The smallest absolute Gasteiger partial charge is 0.125 e. The summed E-state index contributed by atoms with van der Waals surface area (Å²) in [5.41, 5.74) is 8.50. The van der Waals surface area contributed by atoms with Gasteiger partial charge < -0.3 is 4.74 Å². The molecule has 1 unspecified atom stereocenters. The van der Waals surface area contributed by atoms with Crippen molar-refractivity contribution in [3.63, 3.8) is 0 Å². The molecule has 1 atom stereocenters. The molecule has 0 aliphatic carbocycles. The van der Waals surface area contributed by atoms with Gasteiger partial charge in [-0.15, -0.1) is 0 Å². The summed E-state index contributed by atoms with van der Waals surface area (Å²) >= 11 is 0. The normalized spacial score (nSPS) is 13.1. The van der Waals surface area contributed by atoms with Gasteiger partial charge in [0.15, 0.2) is 0 Å². The van der Waals surface area contributed by atoms with Gasteiger partial charge in [-0.05, 0) is 29.7 Å². The van der Waals surface area contributed by atoms with Crippen LogP contribution in [0.5, 0.6) is 0 Å². The molecule has 0 saturated carbocycles. The lowest BCUT2D eigenvalue weighted by molar-refractivity contribution is 0.0970. The number of azide groups is 1. The molecule has 4 heteroatoms. The average Bonchev–Trinajstić information content (AvgIpc) is 2.34. The lowest BCUT2D eigenvalue weighted by Crippen LogP contribution is -2.22. The van der Waals surface area contributed by atoms with Crippen molar-refractivity contribution in [2.45, 2.75) is 72.6 Å². The fourth-order valence-corrected chi connectivity index (χ4v) is 2.36. The van der Waals surface area contributed by atoms with Gasteiger partial charge in [0, 0.05) is 11.5 Å². The molecular weight excluding hydrogens is 238 g/mol. The molecule has 0 aromatic heterocycles. The number of hydrogen-bond donors (Lipinski definition) is 0. The first-order valence-electron chi connectivity index (χ1n) is 7.61. The van der Waals surface area contributed by atoms with E-state index in [1.807, 2.05) is 0 Å². The van der Waals surface area contributed by atoms with Gasteiger partial charge >= 0.3 is 0 Å². The molecule has 4 nitrogen and oxygen atoms in total. The van der Waals surface area contributed by atoms with E-state index in [1.54, 1.807) is 0 Å². The maximum atomic E-state index is 8.17. The van der Waals surface area contributed by atoms with Gasteiger partial charge in [0.1, 0.15) is 6.73 Å². The van der Waals surface area contributed by atoms with Gasteiger partial charge in [0.25, 0.3) is 0 Å². The van der Waals surface area contributed by atoms with Gasteiger partial charge in [0.05, 0.1) is 0 Å². The third-order valence-corrected chi connectivity index (χ3v) is 3.70. The van der Waals surface area contributed by atoms with Crippen LogP contribution in [-0.2, 0) is 4.74 Å². The molecule has 0 aliphatic rings. The highest BCUT2D eigenvalue weighted by atomic mass is 16.5. The summed E-state index contributed by atoms with van der Waals surface area (Å²) < 4.78 is 5.32. The SMILES string of the molecule is CCCCCCCC(CCOCN=[N+]=[N-])C(C)(C)C. The molecule has 0 aromatic carbocycles. The molecule has 0 bridgehead atoms. The molecule has 0 heterocycles. The first kappa shape index (κ1) is 18.3. The van der Waals surface area contributed by atoms with Crippen LogP contribution < -0.4 is 0 Å². The monoisotopic (exact) mass is 269 g/mol. The molecule has 19 heavy (non-hydrogen) atoms. The molecule has 0 aliphatic heterocycles. The lowest BCUT2D eigenvalue weighted by atomic mass is 9.76. The summed E-state index contributed by atoms with van der Waals surface area (Å²) in [5, 5.41) is 3.39. The van der Waals surface area contributed by atoms with E-state index in [1.165, 1.54) is 38.5 Å². The van der Waals surface area contributed by atoms with Gasteiger partial charge in [-0.3, -0.25) is 0 Å². The van der Waals surface area contributed by atoms with E-state index in [2.05, 4.69) is 37.7 Å². The van der Waals surface area contributed by atoms with Crippen LogP contribution >= 0.6 is 0 Å². The predicted molar refractivity (Wildman–Crippen MR) is 80.9 cm³/mol. The van der Waals surface area contributed by atoms with E-state index in [4.69, 9.17) is 10.3 Å². The Labute approximate surface area is 118 Å². The van der Waals surface area contributed by atoms with Crippen molar-refractivity contribution < 1.29 is 4.74 Å². The third kappa shape index (κ3) is 10.8. The van der Waals surface area contributed by atoms with Gasteiger partial charge in [0.2, 0.25) is 0 Å². The third-order valence-electron chi connectivity index (χ3n) is 3.70. The van der Waals surface area contributed by atoms with E-state index in [9.17, 15) is 0 Å². The van der Waals surface area contributed by atoms with Crippen molar-refractivity contribution >= 4 is 0 Å². The largest absolute Gasteiger partial charge is 0.375 e. The van der Waals surface area contributed by atoms with Crippen LogP contribution in [0.2, 0.25) is 0 Å². The minimum absolute atomic E-state index is 0.157. The van der Waals surface area contributed by atoms with Crippen molar-refractivity contribution in [1.29, 1.82) is 0 Å². The summed E-state index contributed by atoms with van der Waals surface area (Å²) in [6.45, 7) is 10.0. The molecule has 0 rings (SSSR count). The number of nitrogens with zero attached hydrogens (tertiary/aromatic N) is 3. The molecular formula is C15H31N3O. The van der Waals surface area contributed by atoms with E-state index in [-0.39, 0.29) is 6.73 Å². The van der Waals surface area contributed by atoms with Crippen LogP contribution in [0.1, 0.15) is 72.6 Å². The molecule has 0 aromatic rings.